The molecule has 0 heterocycles. The summed E-state index contributed by atoms with van der Waals surface area (Å²) < 4.78 is 29.8. The maximum Gasteiger partial charge on any atom is 0.163 e. The van der Waals surface area contributed by atoms with E-state index in [1.165, 1.54) is 7.11 Å². The Morgan fingerprint density at radius 2 is 2.13 bits per heavy atom. The lowest BCUT2D eigenvalue weighted by Gasteiger charge is -2.12. The van der Waals surface area contributed by atoms with E-state index in [9.17, 15) is 13.9 Å². The van der Waals surface area contributed by atoms with Gasteiger partial charge in [0, 0.05) is 11.6 Å². The molecule has 0 aliphatic carbocycles. The number of phenolic OH excluding ortho intramolecular Hbond substituents is 1. The van der Waals surface area contributed by atoms with Crippen molar-refractivity contribution < 1.29 is 18.6 Å². The van der Waals surface area contributed by atoms with E-state index in [4.69, 9.17) is 10.5 Å². The molecule has 0 amide bonds. The lowest BCUT2D eigenvalue weighted by molar-refractivity contribution is 0.358. The lowest BCUT2D eigenvalue weighted by atomic mass is 10.1. The topological polar surface area (TPSA) is 55.5 Å². The molecule has 3 nitrogen and oxygen atoms in total. The largest absolute Gasteiger partial charge is 0.504 e. The van der Waals surface area contributed by atoms with Crippen molar-refractivity contribution >= 4 is 12.4 Å². The van der Waals surface area contributed by atoms with Gasteiger partial charge in [-0.25, -0.2) is 8.78 Å². The summed E-state index contributed by atoms with van der Waals surface area (Å²) in [5.41, 5.74) is 5.33. The quantitative estimate of drug-likeness (QED) is 0.848. The summed E-state index contributed by atoms with van der Waals surface area (Å²) in [6.07, 6.45) is 0. The van der Waals surface area contributed by atoms with Gasteiger partial charge in [-0.2, -0.15) is 0 Å². The molecule has 1 atom stereocenters. The van der Waals surface area contributed by atoms with Gasteiger partial charge in [0.2, 0.25) is 0 Å². The van der Waals surface area contributed by atoms with Crippen molar-refractivity contribution in [2.45, 2.75) is 6.04 Å². The van der Waals surface area contributed by atoms with Gasteiger partial charge in [0.25, 0.3) is 0 Å². The highest BCUT2D eigenvalue weighted by atomic mass is 35.5. The Morgan fingerprint density at radius 1 is 1.53 bits per heavy atom. The summed E-state index contributed by atoms with van der Waals surface area (Å²) in [7, 11) is 1.28. The van der Waals surface area contributed by atoms with E-state index in [1.54, 1.807) is 0 Å². The van der Waals surface area contributed by atoms with Gasteiger partial charge in [0.1, 0.15) is 12.5 Å². The van der Waals surface area contributed by atoms with Gasteiger partial charge in [-0.3, -0.25) is 0 Å². The van der Waals surface area contributed by atoms with Crippen molar-refractivity contribution in [2.24, 2.45) is 5.73 Å². The molecule has 3 N–H and O–H groups in total. The fourth-order valence-corrected chi connectivity index (χ4v) is 1.12. The molecule has 1 aromatic rings. The predicted octanol–water partition coefficient (Wildman–Crippen LogP) is 1.93. The third-order valence-corrected chi connectivity index (χ3v) is 1.85. The number of benzene rings is 1. The van der Waals surface area contributed by atoms with Crippen LogP contribution in [-0.4, -0.2) is 18.9 Å². The van der Waals surface area contributed by atoms with Crippen molar-refractivity contribution in [3.63, 3.8) is 0 Å². The van der Waals surface area contributed by atoms with Crippen molar-refractivity contribution in [3.05, 3.63) is 23.5 Å². The molecule has 0 saturated carbocycles. The Hall–Kier alpha value is -1.07. The average Bonchev–Trinajstić information content (AvgIpc) is 2.19. The van der Waals surface area contributed by atoms with E-state index in [2.05, 4.69) is 0 Å². The van der Waals surface area contributed by atoms with Crippen LogP contribution in [0, 0.1) is 5.82 Å². The maximum atomic E-state index is 12.9. The number of rotatable bonds is 3. The summed E-state index contributed by atoms with van der Waals surface area (Å²) in [4.78, 5) is 0. The number of methoxy groups -OCH3 is 1. The second kappa shape index (κ2) is 5.72. The highest BCUT2D eigenvalue weighted by Crippen LogP contribution is 2.33. The van der Waals surface area contributed by atoms with Crippen molar-refractivity contribution in [3.8, 4) is 11.5 Å². The fraction of sp³-hybridized carbons (Fsp3) is 0.333. The van der Waals surface area contributed by atoms with Gasteiger partial charge in [-0.05, 0) is 6.07 Å². The zero-order valence-corrected chi connectivity index (χ0v) is 8.85. The molecule has 1 aromatic carbocycles. The number of halogens is 3. The predicted molar refractivity (Wildman–Crippen MR) is 54.8 cm³/mol. The molecule has 0 aromatic heterocycles. The van der Waals surface area contributed by atoms with E-state index in [0.29, 0.717) is 0 Å². The molecule has 86 valence electrons. The van der Waals surface area contributed by atoms with Gasteiger partial charge < -0.3 is 15.6 Å². The zero-order valence-electron chi connectivity index (χ0n) is 8.04. The summed E-state index contributed by atoms with van der Waals surface area (Å²) in [5, 5.41) is 9.48. The number of ether oxygens (including phenoxy) is 1. The van der Waals surface area contributed by atoms with Crippen LogP contribution in [0.25, 0.3) is 0 Å². The molecular formula is C9H12ClF2NO2. The lowest BCUT2D eigenvalue weighted by Crippen LogP contribution is -2.13. The monoisotopic (exact) mass is 239 g/mol. The number of nitrogens with two attached hydrogens (primary N) is 1. The number of hydrogen-bond donors (Lipinski definition) is 2. The van der Waals surface area contributed by atoms with E-state index in [1.807, 2.05) is 0 Å². The first-order chi connectivity index (χ1) is 6.60. The van der Waals surface area contributed by atoms with Crippen LogP contribution in [0.5, 0.6) is 11.5 Å². The normalized spacial score (nSPS) is 11.7. The van der Waals surface area contributed by atoms with Gasteiger partial charge in [0.15, 0.2) is 11.5 Å². The molecule has 0 aliphatic heterocycles. The highest BCUT2D eigenvalue weighted by molar-refractivity contribution is 5.85. The molecule has 0 bridgehead atoms. The second-order valence-electron chi connectivity index (χ2n) is 2.81. The van der Waals surface area contributed by atoms with E-state index < -0.39 is 18.5 Å². The Bertz CT molecular complexity index is 336. The van der Waals surface area contributed by atoms with E-state index >= 15 is 0 Å². The van der Waals surface area contributed by atoms with Gasteiger partial charge in [0.05, 0.1) is 13.2 Å². The summed E-state index contributed by atoms with van der Waals surface area (Å²) in [5.74, 6) is -0.999. The van der Waals surface area contributed by atoms with Crippen LogP contribution in [-0.2, 0) is 0 Å². The SMILES string of the molecule is COc1cc(F)cc([C@@H](N)CF)c1O.Cl. The van der Waals surface area contributed by atoms with Crippen LogP contribution in [0.15, 0.2) is 12.1 Å². The highest BCUT2D eigenvalue weighted by Gasteiger charge is 2.16. The molecule has 6 heteroatoms. The van der Waals surface area contributed by atoms with Crippen LogP contribution >= 0.6 is 12.4 Å². The van der Waals surface area contributed by atoms with Crippen molar-refractivity contribution in [1.82, 2.24) is 0 Å². The molecule has 0 spiro atoms. The van der Waals surface area contributed by atoms with Crippen LogP contribution in [0.3, 0.4) is 0 Å². The van der Waals surface area contributed by atoms with Gasteiger partial charge in [-0.1, -0.05) is 0 Å². The second-order valence-corrected chi connectivity index (χ2v) is 2.81. The van der Waals surface area contributed by atoms with Crippen LogP contribution in [0.2, 0.25) is 0 Å². The number of hydrogen-bond acceptors (Lipinski definition) is 3. The van der Waals surface area contributed by atoms with E-state index in [-0.39, 0.29) is 29.5 Å². The van der Waals surface area contributed by atoms with E-state index in [0.717, 1.165) is 12.1 Å². The van der Waals surface area contributed by atoms with Crippen LogP contribution in [0.1, 0.15) is 11.6 Å². The smallest absolute Gasteiger partial charge is 0.163 e. The third kappa shape index (κ3) is 2.94. The Kier molecular flexibility index (Phi) is 5.32. The minimum Gasteiger partial charge on any atom is -0.504 e. The first kappa shape index (κ1) is 13.9. The Morgan fingerprint density at radius 3 is 2.60 bits per heavy atom. The minimum absolute atomic E-state index is 0. The molecule has 1 rings (SSSR count). The van der Waals surface area contributed by atoms with Crippen molar-refractivity contribution in [2.75, 3.05) is 13.8 Å². The van der Waals surface area contributed by atoms with Crippen LogP contribution < -0.4 is 10.5 Å². The number of alkyl halides is 1. The van der Waals surface area contributed by atoms with Gasteiger partial charge in [-0.15, -0.1) is 12.4 Å². The zero-order chi connectivity index (χ0) is 10.7. The number of phenols is 1. The first-order valence-corrected chi connectivity index (χ1v) is 3.98. The summed E-state index contributed by atoms with van der Waals surface area (Å²) >= 11 is 0. The molecular weight excluding hydrogens is 228 g/mol. The minimum atomic E-state index is -1.04. The fourth-order valence-electron chi connectivity index (χ4n) is 1.12. The molecule has 0 unspecified atom stereocenters. The maximum absolute atomic E-state index is 12.9. The Labute approximate surface area is 92.3 Å². The molecule has 0 fully saturated rings. The third-order valence-electron chi connectivity index (χ3n) is 1.85. The van der Waals surface area contributed by atoms with Gasteiger partial charge >= 0.3 is 0 Å². The molecule has 15 heavy (non-hydrogen) atoms. The van der Waals surface area contributed by atoms with Crippen LogP contribution in [0.4, 0.5) is 8.78 Å². The first-order valence-electron chi connectivity index (χ1n) is 3.98. The summed E-state index contributed by atoms with van der Waals surface area (Å²) in [6.45, 7) is -0.875. The summed E-state index contributed by atoms with van der Waals surface area (Å²) in [6, 6.07) is 0.950. The average molecular weight is 240 g/mol. The standard InChI is InChI=1S/C9H11F2NO2.ClH/c1-14-8-3-5(11)2-6(9(8)13)7(12)4-10;/h2-3,7,13H,4,12H2,1H3;1H/t7-;/m0./s1. The molecule has 0 aliphatic rings. The molecule has 0 saturated heterocycles. The Balaban J connectivity index is 0.00000196. The molecule has 0 radical (unpaired) electrons. The number of aromatic hydroxyl groups is 1. The van der Waals surface area contributed by atoms with Crippen molar-refractivity contribution in [1.29, 1.82) is 0 Å².